The average molecular weight is 458 g/mol. The van der Waals surface area contributed by atoms with E-state index < -0.39 is 10.0 Å². The van der Waals surface area contributed by atoms with Crippen LogP contribution in [0.15, 0.2) is 39.7 Å². The molecule has 0 fully saturated rings. The lowest BCUT2D eigenvalue weighted by atomic mass is 10.1. The van der Waals surface area contributed by atoms with Crippen LogP contribution in [0.5, 0.6) is 0 Å². The van der Waals surface area contributed by atoms with Crippen molar-refractivity contribution in [2.24, 2.45) is 0 Å². The van der Waals surface area contributed by atoms with Crippen LogP contribution in [0, 0.1) is 6.92 Å². The molecule has 0 radical (unpaired) electrons. The van der Waals surface area contributed by atoms with Crippen LogP contribution in [0.2, 0.25) is 5.02 Å². The van der Waals surface area contributed by atoms with Gasteiger partial charge in [0.25, 0.3) is 10.0 Å². The number of rotatable bonds is 3. The van der Waals surface area contributed by atoms with Gasteiger partial charge in [-0.2, -0.15) is 0 Å². The minimum absolute atomic E-state index is 0.0702. The molecule has 5 nitrogen and oxygen atoms in total. The lowest BCUT2D eigenvalue weighted by Crippen LogP contribution is -2.34. The third-order valence-electron chi connectivity index (χ3n) is 4.39. The maximum absolute atomic E-state index is 13.1. The highest BCUT2D eigenvalue weighted by Gasteiger charge is 2.35. The first-order valence-electron chi connectivity index (χ1n) is 8.01. The Bertz CT molecular complexity index is 1010. The van der Waals surface area contributed by atoms with Crippen molar-refractivity contribution in [1.82, 2.24) is 0 Å². The average Bonchev–Trinajstić information content (AvgIpc) is 2.85. The minimum atomic E-state index is -3.92. The monoisotopic (exact) mass is 456 g/mol. The predicted octanol–water partition coefficient (Wildman–Crippen LogP) is 4.51. The Hall–Kier alpha value is -1.57. The first kappa shape index (κ1) is 19.2. The van der Waals surface area contributed by atoms with Gasteiger partial charge in [0.05, 0.1) is 11.4 Å². The molecular formula is C18H18BrClN2O3S. The van der Waals surface area contributed by atoms with E-state index in [2.05, 4.69) is 20.7 Å². The fourth-order valence-corrected chi connectivity index (χ4v) is 5.48. The summed E-state index contributed by atoms with van der Waals surface area (Å²) in [5.74, 6) is -0.186. The summed E-state index contributed by atoms with van der Waals surface area (Å²) in [5, 5.41) is 0.437. The van der Waals surface area contributed by atoms with Gasteiger partial charge in [0.2, 0.25) is 5.91 Å². The molecule has 2 aromatic rings. The Morgan fingerprint density at radius 3 is 2.65 bits per heavy atom. The molecule has 1 heterocycles. The van der Waals surface area contributed by atoms with Gasteiger partial charge in [0.1, 0.15) is 4.90 Å². The summed E-state index contributed by atoms with van der Waals surface area (Å²) in [7, 11) is -3.92. The Morgan fingerprint density at radius 2 is 2.00 bits per heavy atom. The van der Waals surface area contributed by atoms with Crippen LogP contribution in [0.1, 0.15) is 25.0 Å². The SMILES string of the molecule is CC(=O)N1c2c(cc(Br)cc2S(=O)(=O)Nc2cc(Cl)ccc2C)C[C@H]1C. The molecular weight excluding hydrogens is 440 g/mol. The number of amides is 1. The quantitative estimate of drug-likeness (QED) is 0.737. The summed E-state index contributed by atoms with van der Waals surface area (Å²) in [6.45, 7) is 5.14. The summed E-state index contributed by atoms with van der Waals surface area (Å²) in [6, 6.07) is 8.30. The van der Waals surface area contributed by atoms with Gasteiger partial charge in [-0.3, -0.25) is 9.52 Å². The van der Waals surface area contributed by atoms with Crippen molar-refractivity contribution in [3.63, 3.8) is 0 Å². The van der Waals surface area contributed by atoms with Gasteiger partial charge in [-0.1, -0.05) is 33.6 Å². The number of carbonyl (C=O) groups excluding carboxylic acids is 1. The molecule has 3 rings (SSSR count). The van der Waals surface area contributed by atoms with Gasteiger partial charge >= 0.3 is 0 Å². The van der Waals surface area contributed by atoms with E-state index in [-0.39, 0.29) is 16.8 Å². The van der Waals surface area contributed by atoms with Crippen LogP contribution in [-0.2, 0) is 21.2 Å². The smallest absolute Gasteiger partial charge is 0.264 e. The van der Waals surface area contributed by atoms with Gasteiger partial charge < -0.3 is 4.90 Å². The van der Waals surface area contributed by atoms with Crippen LogP contribution in [0.3, 0.4) is 0 Å². The third kappa shape index (κ3) is 3.48. The van der Waals surface area contributed by atoms with E-state index in [1.807, 2.05) is 13.0 Å². The number of hydrogen-bond acceptors (Lipinski definition) is 3. The number of sulfonamides is 1. The number of anilines is 2. The topological polar surface area (TPSA) is 66.5 Å². The predicted molar refractivity (Wildman–Crippen MR) is 107 cm³/mol. The van der Waals surface area contributed by atoms with E-state index in [1.165, 1.54) is 13.0 Å². The summed E-state index contributed by atoms with van der Waals surface area (Å²) < 4.78 is 29.5. The second kappa shape index (κ2) is 6.87. The Morgan fingerprint density at radius 1 is 1.31 bits per heavy atom. The molecule has 26 heavy (non-hydrogen) atoms. The number of benzene rings is 2. The van der Waals surface area contributed by atoms with Crippen molar-refractivity contribution in [1.29, 1.82) is 0 Å². The number of hydrogen-bond donors (Lipinski definition) is 1. The van der Waals surface area contributed by atoms with Crippen molar-refractivity contribution < 1.29 is 13.2 Å². The molecule has 0 bridgehead atoms. The minimum Gasteiger partial charge on any atom is -0.308 e. The number of fused-ring (bicyclic) bond motifs is 1. The second-order valence-electron chi connectivity index (χ2n) is 6.42. The largest absolute Gasteiger partial charge is 0.308 e. The fourth-order valence-electron chi connectivity index (χ4n) is 3.26. The first-order valence-corrected chi connectivity index (χ1v) is 10.7. The Kier molecular flexibility index (Phi) is 5.07. The molecule has 0 spiro atoms. The highest BCUT2D eigenvalue weighted by atomic mass is 79.9. The van der Waals surface area contributed by atoms with Crippen LogP contribution >= 0.6 is 27.5 Å². The van der Waals surface area contributed by atoms with Crippen molar-refractivity contribution in [3.8, 4) is 0 Å². The van der Waals surface area contributed by atoms with Gasteiger partial charge in [0, 0.05) is 22.5 Å². The molecule has 1 aliphatic heterocycles. The molecule has 1 aliphatic rings. The van der Waals surface area contributed by atoms with E-state index >= 15 is 0 Å². The standard InChI is InChI=1S/C18H18BrClN2O3S/c1-10-4-5-15(20)9-16(10)21-26(24,25)17-8-14(19)7-13-6-11(2)22(12(3)23)18(13)17/h4-5,7-9,11,21H,6H2,1-3H3/t11-/m1/s1. The first-order chi connectivity index (χ1) is 12.1. The molecule has 2 aromatic carbocycles. The molecule has 0 unspecified atom stereocenters. The van der Waals surface area contributed by atoms with Crippen LogP contribution in [0.25, 0.3) is 0 Å². The zero-order valence-corrected chi connectivity index (χ0v) is 17.7. The highest BCUT2D eigenvalue weighted by molar-refractivity contribution is 9.10. The van der Waals surface area contributed by atoms with Crippen molar-refractivity contribution in [2.45, 2.75) is 38.1 Å². The second-order valence-corrected chi connectivity index (χ2v) is 9.42. The third-order valence-corrected chi connectivity index (χ3v) is 6.46. The number of carbonyl (C=O) groups is 1. The Balaban J connectivity index is 2.15. The maximum Gasteiger partial charge on any atom is 0.264 e. The summed E-state index contributed by atoms with van der Waals surface area (Å²) >= 11 is 9.38. The zero-order chi connectivity index (χ0) is 19.2. The summed E-state index contributed by atoms with van der Waals surface area (Å²) in [6.07, 6.45) is 0.604. The molecule has 1 N–H and O–H groups in total. The molecule has 0 saturated carbocycles. The van der Waals surface area contributed by atoms with Crippen LogP contribution in [-0.4, -0.2) is 20.4 Å². The molecule has 0 aromatic heterocycles. The van der Waals surface area contributed by atoms with Gasteiger partial charge in [0.15, 0.2) is 0 Å². The molecule has 1 amide bonds. The van der Waals surface area contributed by atoms with E-state index in [0.717, 1.165) is 11.1 Å². The lowest BCUT2D eigenvalue weighted by Gasteiger charge is -2.23. The van der Waals surface area contributed by atoms with Gasteiger partial charge in [-0.05, 0) is 55.7 Å². The maximum atomic E-state index is 13.1. The molecule has 0 saturated heterocycles. The van der Waals surface area contributed by atoms with Crippen molar-refractivity contribution in [2.75, 3.05) is 9.62 Å². The summed E-state index contributed by atoms with van der Waals surface area (Å²) in [5.41, 5.74) is 2.43. The Labute approximate surface area is 166 Å². The number of aryl methyl sites for hydroxylation is 1. The van der Waals surface area contributed by atoms with Crippen LogP contribution in [0.4, 0.5) is 11.4 Å². The number of halogens is 2. The highest BCUT2D eigenvalue weighted by Crippen LogP contribution is 2.40. The molecule has 138 valence electrons. The normalized spacial score (nSPS) is 16.5. The van der Waals surface area contributed by atoms with Gasteiger partial charge in [-0.15, -0.1) is 0 Å². The van der Waals surface area contributed by atoms with E-state index in [1.54, 1.807) is 30.0 Å². The van der Waals surface area contributed by atoms with Crippen molar-refractivity contribution >= 4 is 54.8 Å². The molecule has 8 heteroatoms. The summed E-state index contributed by atoms with van der Waals surface area (Å²) in [4.78, 5) is 13.7. The fraction of sp³-hybridized carbons (Fsp3) is 0.278. The van der Waals surface area contributed by atoms with E-state index in [4.69, 9.17) is 11.6 Å². The molecule has 1 atom stereocenters. The number of nitrogens with zero attached hydrogens (tertiary/aromatic N) is 1. The van der Waals surface area contributed by atoms with Crippen LogP contribution < -0.4 is 9.62 Å². The van der Waals surface area contributed by atoms with Gasteiger partial charge in [-0.25, -0.2) is 8.42 Å². The van der Waals surface area contributed by atoms with E-state index in [9.17, 15) is 13.2 Å². The number of nitrogens with one attached hydrogen (secondary N) is 1. The lowest BCUT2D eigenvalue weighted by molar-refractivity contribution is -0.116. The van der Waals surface area contributed by atoms with Crippen molar-refractivity contribution in [3.05, 3.63) is 51.0 Å². The van der Waals surface area contributed by atoms with E-state index in [0.29, 0.717) is 27.3 Å². The zero-order valence-electron chi connectivity index (χ0n) is 14.5. The molecule has 0 aliphatic carbocycles.